The van der Waals surface area contributed by atoms with Crippen molar-refractivity contribution in [2.24, 2.45) is 7.05 Å². The lowest BCUT2D eigenvalue weighted by atomic mass is 9.92. The van der Waals surface area contributed by atoms with E-state index >= 15 is 4.39 Å². The molecule has 5 nitrogen and oxygen atoms in total. The first kappa shape index (κ1) is 22.6. The summed E-state index contributed by atoms with van der Waals surface area (Å²) >= 11 is 0. The Kier molecular flexibility index (Phi) is 6.07. The summed E-state index contributed by atoms with van der Waals surface area (Å²) in [4.78, 5) is 4.01. The van der Waals surface area contributed by atoms with Gasteiger partial charge in [-0.2, -0.15) is 10.5 Å². The van der Waals surface area contributed by atoms with Gasteiger partial charge < -0.3 is 9.30 Å². The zero-order valence-corrected chi connectivity index (χ0v) is 18.0. The molecule has 0 aliphatic heterocycles. The first-order chi connectivity index (χ1) is 16.4. The van der Waals surface area contributed by atoms with E-state index < -0.39 is 23.9 Å². The molecule has 0 aliphatic carbocycles. The molecule has 1 aromatic heterocycles. The molecule has 0 N–H and O–H groups in total. The smallest absolute Gasteiger partial charge is 0.210 e. The van der Waals surface area contributed by atoms with E-state index in [1.807, 2.05) is 12.1 Å². The Balaban J connectivity index is 1.76. The fourth-order valence-corrected chi connectivity index (χ4v) is 3.65. The average Bonchev–Trinajstić information content (AvgIpc) is 3.30. The summed E-state index contributed by atoms with van der Waals surface area (Å²) in [5.74, 6) is -1.89. The molecule has 4 rings (SSSR count). The molecule has 1 unspecified atom stereocenters. The Morgan fingerprint density at radius 1 is 0.941 bits per heavy atom. The summed E-state index contributed by atoms with van der Waals surface area (Å²) in [5.41, 5.74) is -0.446. The maximum atomic E-state index is 16.6. The van der Waals surface area contributed by atoms with Crippen LogP contribution in [0.25, 0.3) is 11.1 Å². The SMILES string of the molecule is Cn1cncc1C(F)(COc1ccc(C#N)cc1-c1ccc(F)c(F)c1)c1ccc(C#N)cc1. The molecule has 1 atom stereocenters. The second-order valence-corrected chi connectivity index (χ2v) is 7.62. The molecule has 0 radical (unpaired) electrons. The van der Waals surface area contributed by atoms with Crippen LogP contribution in [0.4, 0.5) is 13.2 Å². The van der Waals surface area contributed by atoms with Gasteiger partial charge in [0.15, 0.2) is 11.6 Å². The molecule has 0 bridgehead atoms. The Hall–Kier alpha value is -4.56. The molecular weight excluding hydrogens is 441 g/mol. The van der Waals surface area contributed by atoms with Crippen LogP contribution in [0.3, 0.4) is 0 Å². The third kappa shape index (κ3) is 4.22. The highest BCUT2D eigenvalue weighted by Gasteiger charge is 2.38. The number of imidazole rings is 1. The van der Waals surface area contributed by atoms with Gasteiger partial charge in [-0.1, -0.05) is 18.2 Å². The Morgan fingerprint density at radius 3 is 2.26 bits per heavy atom. The van der Waals surface area contributed by atoms with Crippen molar-refractivity contribution < 1.29 is 17.9 Å². The highest BCUT2D eigenvalue weighted by molar-refractivity contribution is 5.72. The van der Waals surface area contributed by atoms with Crippen LogP contribution in [-0.2, 0) is 12.7 Å². The average molecular weight is 458 g/mol. The van der Waals surface area contributed by atoms with Crippen molar-refractivity contribution in [3.8, 4) is 29.0 Å². The van der Waals surface area contributed by atoms with E-state index in [2.05, 4.69) is 4.98 Å². The predicted molar refractivity (Wildman–Crippen MR) is 118 cm³/mol. The molecule has 0 aliphatic rings. The standard InChI is InChI=1S/C26H17F3N4O/c1-33-16-32-14-25(33)26(29,20-6-2-17(12-30)3-7-20)15-34-24-9-4-18(13-31)10-21(24)19-5-8-22(27)23(28)11-19/h2-11,14,16H,15H2,1H3. The highest BCUT2D eigenvalue weighted by atomic mass is 19.2. The summed E-state index contributed by atoms with van der Waals surface area (Å²) in [6, 6.07) is 17.8. The second-order valence-electron chi connectivity index (χ2n) is 7.62. The summed E-state index contributed by atoms with van der Waals surface area (Å²) in [6.07, 6.45) is 2.85. The van der Waals surface area contributed by atoms with Crippen LogP contribution in [0.1, 0.15) is 22.4 Å². The Morgan fingerprint density at radius 2 is 1.65 bits per heavy atom. The Labute approximate surface area is 193 Å². The molecule has 0 fully saturated rings. The molecule has 8 heteroatoms. The highest BCUT2D eigenvalue weighted by Crippen LogP contribution is 2.37. The van der Waals surface area contributed by atoms with Crippen molar-refractivity contribution in [2.45, 2.75) is 5.67 Å². The Bertz CT molecular complexity index is 1430. The number of aromatic nitrogens is 2. The van der Waals surface area contributed by atoms with Crippen molar-refractivity contribution in [1.82, 2.24) is 9.55 Å². The summed E-state index contributed by atoms with van der Waals surface area (Å²) in [6.45, 7) is -0.485. The number of halogens is 3. The van der Waals surface area contributed by atoms with Gasteiger partial charge in [0.2, 0.25) is 5.67 Å². The summed E-state index contributed by atoms with van der Waals surface area (Å²) in [5, 5.41) is 18.4. The summed E-state index contributed by atoms with van der Waals surface area (Å²) < 4.78 is 51.4. The minimum Gasteiger partial charge on any atom is -0.489 e. The number of aryl methyl sites for hydroxylation is 1. The van der Waals surface area contributed by atoms with E-state index in [1.165, 1.54) is 65.6 Å². The number of alkyl halides is 1. The number of rotatable bonds is 6. The molecule has 0 saturated carbocycles. The lowest BCUT2D eigenvalue weighted by molar-refractivity contribution is 0.115. The van der Waals surface area contributed by atoms with Crippen LogP contribution in [0.5, 0.6) is 5.75 Å². The van der Waals surface area contributed by atoms with Gasteiger partial charge in [0.25, 0.3) is 0 Å². The third-order valence-corrected chi connectivity index (χ3v) is 5.46. The molecule has 3 aromatic carbocycles. The number of nitrogens with zero attached hydrogens (tertiary/aromatic N) is 4. The number of nitriles is 2. The number of ether oxygens (including phenoxy) is 1. The lowest BCUT2D eigenvalue weighted by Crippen LogP contribution is -2.32. The van der Waals surface area contributed by atoms with Gasteiger partial charge in [-0.3, -0.25) is 0 Å². The van der Waals surface area contributed by atoms with E-state index in [0.717, 1.165) is 12.1 Å². The van der Waals surface area contributed by atoms with Crippen LogP contribution >= 0.6 is 0 Å². The normalized spacial score (nSPS) is 12.4. The molecule has 4 aromatic rings. The second kappa shape index (κ2) is 9.13. The van der Waals surface area contributed by atoms with Crippen LogP contribution in [-0.4, -0.2) is 16.2 Å². The topological polar surface area (TPSA) is 74.6 Å². The fraction of sp³-hybridized carbons (Fsp3) is 0.115. The van der Waals surface area contributed by atoms with Gasteiger partial charge in [0, 0.05) is 12.6 Å². The summed E-state index contributed by atoms with van der Waals surface area (Å²) in [7, 11) is 1.65. The molecule has 0 amide bonds. The van der Waals surface area contributed by atoms with Gasteiger partial charge in [0.1, 0.15) is 12.4 Å². The van der Waals surface area contributed by atoms with Crippen LogP contribution < -0.4 is 4.74 Å². The lowest BCUT2D eigenvalue weighted by Gasteiger charge is -2.27. The van der Waals surface area contributed by atoms with E-state index in [0.29, 0.717) is 11.1 Å². The van der Waals surface area contributed by atoms with Gasteiger partial charge in [0.05, 0.1) is 41.5 Å². The van der Waals surface area contributed by atoms with Crippen LogP contribution in [0.2, 0.25) is 0 Å². The molecule has 1 heterocycles. The number of benzene rings is 3. The van der Waals surface area contributed by atoms with E-state index in [1.54, 1.807) is 7.05 Å². The monoisotopic (exact) mass is 458 g/mol. The van der Waals surface area contributed by atoms with E-state index in [9.17, 15) is 14.0 Å². The molecule has 0 spiro atoms. The zero-order valence-electron chi connectivity index (χ0n) is 18.0. The van der Waals surface area contributed by atoms with Crippen LogP contribution in [0, 0.1) is 34.3 Å². The quantitative estimate of drug-likeness (QED) is 0.388. The molecular formula is C26H17F3N4O. The van der Waals surface area contributed by atoms with Crippen LogP contribution in [0.15, 0.2) is 73.2 Å². The van der Waals surface area contributed by atoms with Crippen molar-refractivity contribution in [1.29, 1.82) is 10.5 Å². The minimum absolute atomic E-state index is 0.183. The predicted octanol–water partition coefficient (Wildman–Crippen LogP) is 5.40. The largest absolute Gasteiger partial charge is 0.489 e. The zero-order chi connectivity index (χ0) is 24.3. The van der Waals surface area contributed by atoms with Gasteiger partial charge in [-0.05, 0) is 53.6 Å². The number of hydrogen-bond donors (Lipinski definition) is 0. The van der Waals surface area contributed by atoms with Crippen molar-refractivity contribution in [3.63, 3.8) is 0 Å². The first-order valence-electron chi connectivity index (χ1n) is 10.1. The molecule has 168 valence electrons. The van der Waals surface area contributed by atoms with Crippen molar-refractivity contribution >= 4 is 0 Å². The molecule has 0 saturated heterocycles. The van der Waals surface area contributed by atoms with E-state index in [-0.39, 0.29) is 28.1 Å². The molecule has 34 heavy (non-hydrogen) atoms. The van der Waals surface area contributed by atoms with E-state index in [4.69, 9.17) is 10.00 Å². The number of hydrogen-bond acceptors (Lipinski definition) is 4. The van der Waals surface area contributed by atoms with Crippen molar-refractivity contribution in [2.75, 3.05) is 6.61 Å². The minimum atomic E-state index is -2.15. The third-order valence-electron chi connectivity index (χ3n) is 5.46. The maximum absolute atomic E-state index is 16.6. The van der Waals surface area contributed by atoms with Gasteiger partial charge >= 0.3 is 0 Å². The maximum Gasteiger partial charge on any atom is 0.210 e. The fourth-order valence-electron chi connectivity index (χ4n) is 3.65. The van der Waals surface area contributed by atoms with Gasteiger partial charge in [-0.15, -0.1) is 0 Å². The first-order valence-corrected chi connectivity index (χ1v) is 10.1. The van der Waals surface area contributed by atoms with Gasteiger partial charge in [-0.25, -0.2) is 18.2 Å². The van der Waals surface area contributed by atoms with Crippen molar-refractivity contribution in [3.05, 3.63) is 107 Å².